The maximum absolute atomic E-state index is 13.3. The molecule has 5 heteroatoms. The Balaban J connectivity index is 2.00. The molecule has 1 heterocycles. The molecule has 1 saturated heterocycles. The molecule has 0 radical (unpaired) electrons. The fourth-order valence-corrected chi connectivity index (χ4v) is 2.35. The SMILES string of the molecule is Fc1cc(CNC2CCOC2)c(Cl)cc1Br. The van der Waals surface area contributed by atoms with E-state index in [4.69, 9.17) is 16.3 Å². The quantitative estimate of drug-likeness (QED) is 0.866. The van der Waals surface area contributed by atoms with Crippen LogP contribution >= 0.6 is 27.5 Å². The van der Waals surface area contributed by atoms with Gasteiger partial charge in [0.25, 0.3) is 0 Å². The van der Waals surface area contributed by atoms with Crippen molar-refractivity contribution in [1.29, 1.82) is 0 Å². The third-order valence-electron chi connectivity index (χ3n) is 2.60. The molecule has 1 unspecified atom stereocenters. The van der Waals surface area contributed by atoms with Gasteiger partial charge in [-0.25, -0.2) is 4.39 Å². The normalized spacial score (nSPS) is 20.3. The average Bonchev–Trinajstić information content (AvgIpc) is 2.74. The van der Waals surface area contributed by atoms with Crippen LogP contribution in [0.5, 0.6) is 0 Å². The summed E-state index contributed by atoms with van der Waals surface area (Å²) in [6.07, 6.45) is 0.997. The molecule has 0 bridgehead atoms. The molecule has 0 spiro atoms. The first-order chi connectivity index (χ1) is 7.66. The minimum atomic E-state index is -0.288. The van der Waals surface area contributed by atoms with Crippen LogP contribution in [-0.2, 0) is 11.3 Å². The predicted molar refractivity (Wildman–Crippen MR) is 65.2 cm³/mol. The van der Waals surface area contributed by atoms with Crippen molar-refractivity contribution in [2.75, 3.05) is 13.2 Å². The highest BCUT2D eigenvalue weighted by atomic mass is 79.9. The summed E-state index contributed by atoms with van der Waals surface area (Å²) in [4.78, 5) is 0. The Morgan fingerprint density at radius 2 is 2.38 bits per heavy atom. The van der Waals surface area contributed by atoms with E-state index < -0.39 is 0 Å². The average molecular weight is 309 g/mol. The molecule has 1 N–H and O–H groups in total. The summed E-state index contributed by atoms with van der Waals surface area (Å²) < 4.78 is 18.9. The van der Waals surface area contributed by atoms with Gasteiger partial charge in [0.2, 0.25) is 0 Å². The molecule has 2 rings (SSSR count). The van der Waals surface area contributed by atoms with Gasteiger partial charge in [-0.1, -0.05) is 11.6 Å². The van der Waals surface area contributed by atoms with E-state index in [1.165, 1.54) is 6.07 Å². The first-order valence-electron chi connectivity index (χ1n) is 5.11. The van der Waals surface area contributed by atoms with Crippen LogP contribution in [0.3, 0.4) is 0 Å². The number of hydrogen-bond donors (Lipinski definition) is 1. The van der Waals surface area contributed by atoms with Crippen LogP contribution in [0.2, 0.25) is 5.02 Å². The molecule has 88 valence electrons. The van der Waals surface area contributed by atoms with Crippen LogP contribution in [0, 0.1) is 5.82 Å². The lowest BCUT2D eigenvalue weighted by Crippen LogP contribution is -2.28. The standard InChI is InChI=1S/C11H12BrClFNO/c12-9-4-10(13)7(3-11(9)14)5-15-8-1-2-16-6-8/h3-4,8,15H,1-2,5-6H2. The second kappa shape index (κ2) is 5.45. The number of halogens is 3. The van der Waals surface area contributed by atoms with E-state index in [9.17, 15) is 4.39 Å². The molecule has 1 aliphatic rings. The van der Waals surface area contributed by atoms with Crippen molar-refractivity contribution >= 4 is 27.5 Å². The van der Waals surface area contributed by atoms with Gasteiger partial charge in [-0.2, -0.15) is 0 Å². The number of rotatable bonds is 3. The van der Waals surface area contributed by atoms with Gasteiger partial charge in [-0.3, -0.25) is 0 Å². The molecule has 1 aliphatic heterocycles. The number of hydrogen-bond acceptors (Lipinski definition) is 2. The zero-order valence-electron chi connectivity index (χ0n) is 8.60. The number of benzene rings is 1. The summed E-state index contributed by atoms with van der Waals surface area (Å²) in [5.41, 5.74) is 0.772. The highest BCUT2D eigenvalue weighted by Gasteiger charge is 2.15. The van der Waals surface area contributed by atoms with Gasteiger partial charge in [0, 0.05) is 24.2 Å². The van der Waals surface area contributed by atoms with Crippen molar-refractivity contribution in [3.63, 3.8) is 0 Å². The highest BCUT2D eigenvalue weighted by Crippen LogP contribution is 2.24. The molecular formula is C11H12BrClFNO. The zero-order valence-corrected chi connectivity index (χ0v) is 10.9. The van der Waals surface area contributed by atoms with E-state index >= 15 is 0 Å². The first-order valence-corrected chi connectivity index (χ1v) is 6.28. The summed E-state index contributed by atoms with van der Waals surface area (Å²) in [5.74, 6) is -0.288. The largest absolute Gasteiger partial charge is 0.380 e. The second-order valence-electron chi connectivity index (χ2n) is 3.80. The summed E-state index contributed by atoms with van der Waals surface area (Å²) in [7, 11) is 0. The molecule has 2 nitrogen and oxygen atoms in total. The maximum Gasteiger partial charge on any atom is 0.137 e. The van der Waals surface area contributed by atoms with Crippen molar-refractivity contribution in [1.82, 2.24) is 5.32 Å². The molecule has 1 fully saturated rings. The van der Waals surface area contributed by atoms with Crippen LogP contribution < -0.4 is 5.32 Å². The fraction of sp³-hybridized carbons (Fsp3) is 0.455. The minimum absolute atomic E-state index is 0.288. The topological polar surface area (TPSA) is 21.3 Å². The Kier molecular flexibility index (Phi) is 4.19. The Morgan fingerprint density at radius 1 is 1.56 bits per heavy atom. The maximum atomic E-state index is 13.3. The van der Waals surface area contributed by atoms with E-state index in [-0.39, 0.29) is 5.82 Å². The Labute approximate surface area is 107 Å². The Hall–Kier alpha value is -0.160. The van der Waals surface area contributed by atoms with E-state index in [0.717, 1.165) is 25.2 Å². The third-order valence-corrected chi connectivity index (χ3v) is 3.56. The lowest BCUT2D eigenvalue weighted by Gasteiger charge is -2.12. The van der Waals surface area contributed by atoms with E-state index in [1.807, 2.05) is 0 Å². The van der Waals surface area contributed by atoms with Crippen LogP contribution in [-0.4, -0.2) is 19.3 Å². The van der Waals surface area contributed by atoms with Gasteiger partial charge >= 0.3 is 0 Å². The van der Waals surface area contributed by atoms with Crippen LogP contribution in [0.1, 0.15) is 12.0 Å². The van der Waals surface area contributed by atoms with Crippen molar-refractivity contribution in [2.45, 2.75) is 19.0 Å². The van der Waals surface area contributed by atoms with E-state index in [0.29, 0.717) is 22.1 Å². The zero-order chi connectivity index (χ0) is 11.5. The summed E-state index contributed by atoms with van der Waals surface area (Å²) in [6, 6.07) is 3.39. The van der Waals surface area contributed by atoms with Crippen LogP contribution in [0.25, 0.3) is 0 Å². The van der Waals surface area contributed by atoms with Gasteiger partial charge in [0.15, 0.2) is 0 Å². The molecule has 1 aromatic rings. The molecule has 16 heavy (non-hydrogen) atoms. The molecule has 1 atom stereocenters. The van der Waals surface area contributed by atoms with Crippen molar-refractivity contribution in [2.24, 2.45) is 0 Å². The van der Waals surface area contributed by atoms with Crippen molar-refractivity contribution < 1.29 is 9.13 Å². The first kappa shape index (κ1) is 12.3. The molecule has 0 aliphatic carbocycles. The molecule has 0 aromatic heterocycles. The summed E-state index contributed by atoms with van der Waals surface area (Å²) in [6.45, 7) is 2.08. The fourth-order valence-electron chi connectivity index (χ4n) is 1.65. The van der Waals surface area contributed by atoms with Crippen LogP contribution in [0.15, 0.2) is 16.6 Å². The highest BCUT2D eigenvalue weighted by molar-refractivity contribution is 9.10. The van der Waals surface area contributed by atoms with E-state index in [1.54, 1.807) is 6.07 Å². The lowest BCUT2D eigenvalue weighted by atomic mass is 10.2. The lowest BCUT2D eigenvalue weighted by molar-refractivity contribution is 0.190. The van der Waals surface area contributed by atoms with Crippen LogP contribution in [0.4, 0.5) is 4.39 Å². The molecule has 0 saturated carbocycles. The summed E-state index contributed by atoms with van der Waals surface area (Å²) in [5, 5.41) is 3.86. The van der Waals surface area contributed by atoms with Gasteiger partial charge < -0.3 is 10.1 Å². The number of nitrogens with one attached hydrogen (secondary N) is 1. The smallest absolute Gasteiger partial charge is 0.137 e. The summed E-state index contributed by atoms with van der Waals surface area (Å²) >= 11 is 9.12. The minimum Gasteiger partial charge on any atom is -0.380 e. The van der Waals surface area contributed by atoms with Gasteiger partial charge in [0.1, 0.15) is 5.82 Å². The third kappa shape index (κ3) is 2.94. The second-order valence-corrected chi connectivity index (χ2v) is 5.06. The van der Waals surface area contributed by atoms with E-state index in [2.05, 4.69) is 21.2 Å². The molecular weight excluding hydrogens is 296 g/mol. The Morgan fingerprint density at radius 3 is 3.06 bits per heavy atom. The van der Waals surface area contributed by atoms with Crippen molar-refractivity contribution in [3.05, 3.63) is 33.0 Å². The number of ether oxygens (including phenoxy) is 1. The van der Waals surface area contributed by atoms with Gasteiger partial charge in [-0.15, -0.1) is 0 Å². The molecule has 0 amide bonds. The van der Waals surface area contributed by atoms with Gasteiger partial charge in [0.05, 0.1) is 11.1 Å². The molecule has 1 aromatic carbocycles. The van der Waals surface area contributed by atoms with Gasteiger partial charge in [-0.05, 0) is 40.0 Å². The predicted octanol–water partition coefficient (Wildman–Crippen LogP) is 3.12. The Bertz CT molecular complexity index is 382. The van der Waals surface area contributed by atoms with Crippen molar-refractivity contribution in [3.8, 4) is 0 Å². The monoisotopic (exact) mass is 307 g/mol.